The van der Waals surface area contributed by atoms with E-state index in [1.165, 1.54) is 14.1 Å². The molecule has 0 saturated carbocycles. The molecule has 0 bridgehead atoms. The topological polar surface area (TPSA) is 144 Å². The zero-order valence-corrected chi connectivity index (χ0v) is 34.2. The molecular formula is C46H30Cl2N4O6S2. The van der Waals surface area contributed by atoms with Crippen LogP contribution in [-0.4, -0.2) is 45.0 Å². The highest BCUT2D eigenvalue weighted by atomic mass is 35.5. The van der Waals surface area contributed by atoms with E-state index < -0.39 is 20.0 Å². The average molecular weight is 870 g/mol. The Morgan fingerprint density at radius 2 is 0.933 bits per heavy atom. The van der Waals surface area contributed by atoms with Crippen molar-refractivity contribution < 1.29 is 27.0 Å². The molecule has 60 heavy (non-hydrogen) atoms. The van der Waals surface area contributed by atoms with Gasteiger partial charge in [0.05, 0.1) is 25.8 Å². The molecule has 0 unspecified atom stereocenters. The summed E-state index contributed by atoms with van der Waals surface area (Å²) in [6.07, 6.45) is 1.50. The number of pyridine rings is 2. The summed E-state index contributed by atoms with van der Waals surface area (Å²) in [5.74, 6) is 0.363. The third-order valence-corrected chi connectivity index (χ3v) is 14.0. The molecule has 4 heterocycles. The van der Waals surface area contributed by atoms with Crippen LogP contribution < -0.4 is 0 Å². The number of halogens is 2. The monoisotopic (exact) mass is 868 g/mol. The highest BCUT2D eigenvalue weighted by Crippen LogP contribution is 2.39. The maximum atomic E-state index is 13.5. The third-order valence-electron chi connectivity index (χ3n) is 10.1. The predicted molar refractivity (Wildman–Crippen MR) is 237 cm³/mol. The van der Waals surface area contributed by atoms with Crippen LogP contribution in [0.25, 0.3) is 66.1 Å². The van der Waals surface area contributed by atoms with Gasteiger partial charge in [0, 0.05) is 27.7 Å². The molecule has 10 nitrogen and oxygen atoms in total. The number of rotatable bonds is 6. The number of hydrogen-bond donors (Lipinski definition) is 2. The molecule has 2 N–H and O–H groups in total. The van der Waals surface area contributed by atoms with Crippen molar-refractivity contribution in [2.45, 2.75) is 9.79 Å². The Kier molecular flexibility index (Phi) is 9.80. The van der Waals surface area contributed by atoms with Crippen molar-refractivity contribution in [2.24, 2.45) is 0 Å². The van der Waals surface area contributed by atoms with Crippen molar-refractivity contribution in [1.82, 2.24) is 17.9 Å². The minimum absolute atomic E-state index is 0.174. The minimum atomic E-state index is -3.89. The van der Waals surface area contributed by atoms with Crippen LogP contribution in [0.2, 0.25) is 10.2 Å². The molecule has 10 aromatic rings. The first-order valence-electron chi connectivity index (χ1n) is 18.3. The van der Waals surface area contributed by atoms with E-state index in [1.54, 1.807) is 127 Å². The van der Waals surface area contributed by atoms with Gasteiger partial charge in [-0.2, -0.15) is 0 Å². The standard InChI is InChI=1S/2C23H15ClN2O3S/c24-22-13-11-19-20-14-16(15-6-9-17(27)10-7-15)8-12-21(20)26(23(19)25-22)30(28,29)18-4-2-1-3-5-18;24-20-12-13-25-23-22(20)19-14-16(15-6-9-17(27)10-7-15)8-11-21(19)26(23)30(28,29)18-4-2-1-3-5-18/h2*1-14,27H. The van der Waals surface area contributed by atoms with E-state index in [4.69, 9.17) is 23.2 Å². The summed E-state index contributed by atoms with van der Waals surface area (Å²) in [5, 5.41) is 22.5. The number of nitrogens with zero attached hydrogens (tertiary/aromatic N) is 4. The normalized spacial score (nSPS) is 11.9. The van der Waals surface area contributed by atoms with E-state index in [-0.39, 0.29) is 37.7 Å². The number of fused-ring (bicyclic) bond motifs is 6. The molecule has 4 aromatic heterocycles. The summed E-state index contributed by atoms with van der Waals surface area (Å²) < 4.78 is 56.4. The van der Waals surface area contributed by atoms with Crippen molar-refractivity contribution in [2.75, 3.05) is 0 Å². The molecule has 10 rings (SSSR count). The second-order valence-electron chi connectivity index (χ2n) is 13.7. The van der Waals surface area contributed by atoms with Crippen molar-refractivity contribution >= 4 is 87.1 Å². The molecule has 0 saturated heterocycles. The quantitative estimate of drug-likeness (QED) is 0.157. The molecule has 0 aliphatic rings. The first-order valence-corrected chi connectivity index (χ1v) is 21.9. The molecular weight excluding hydrogens is 840 g/mol. The Hall–Kier alpha value is -6.70. The van der Waals surface area contributed by atoms with Crippen LogP contribution in [0.1, 0.15) is 0 Å². The number of aromatic hydroxyl groups is 2. The molecule has 14 heteroatoms. The van der Waals surface area contributed by atoms with Crippen LogP contribution >= 0.6 is 23.2 Å². The predicted octanol–water partition coefficient (Wildman–Crippen LogP) is 10.9. The summed E-state index contributed by atoms with van der Waals surface area (Å²) in [5.41, 5.74) is 5.15. The lowest BCUT2D eigenvalue weighted by atomic mass is 10.0. The van der Waals surface area contributed by atoms with Crippen LogP contribution in [0.3, 0.4) is 0 Å². The fourth-order valence-corrected chi connectivity index (χ4v) is 10.6. The van der Waals surface area contributed by atoms with Gasteiger partial charge in [-0.15, -0.1) is 0 Å². The number of phenols is 2. The van der Waals surface area contributed by atoms with Gasteiger partial charge in [-0.3, -0.25) is 0 Å². The second-order valence-corrected chi connectivity index (χ2v) is 18.1. The van der Waals surface area contributed by atoms with Crippen LogP contribution in [0.4, 0.5) is 0 Å². The van der Waals surface area contributed by atoms with Gasteiger partial charge in [0.25, 0.3) is 20.0 Å². The van der Waals surface area contributed by atoms with Crippen molar-refractivity contribution in [3.63, 3.8) is 0 Å². The third kappa shape index (κ3) is 6.79. The number of benzene rings is 6. The zero-order valence-electron chi connectivity index (χ0n) is 31.1. The lowest BCUT2D eigenvalue weighted by Crippen LogP contribution is -2.13. The van der Waals surface area contributed by atoms with Crippen LogP contribution in [0.15, 0.2) is 180 Å². The van der Waals surface area contributed by atoms with Crippen LogP contribution in [-0.2, 0) is 20.0 Å². The van der Waals surface area contributed by atoms with Crippen molar-refractivity contribution in [3.05, 3.63) is 180 Å². The Morgan fingerprint density at radius 1 is 0.467 bits per heavy atom. The lowest BCUT2D eigenvalue weighted by Gasteiger charge is -2.09. The molecule has 0 spiro atoms. The number of hydrogen-bond acceptors (Lipinski definition) is 8. The summed E-state index contributed by atoms with van der Waals surface area (Å²) in [4.78, 5) is 9.03. The Bertz CT molecular complexity index is 3420. The Morgan fingerprint density at radius 3 is 1.47 bits per heavy atom. The molecule has 0 aliphatic carbocycles. The van der Waals surface area contributed by atoms with E-state index in [0.717, 1.165) is 27.6 Å². The fraction of sp³-hybridized carbons (Fsp3) is 0. The summed E-state index contributed by atoms with van der Waals surface area (Å²) in [7, 11) is -7.77. The van der Waals surface area contributed by atoms with Gasteiger partial charge in [0.1, 0.15) is 16.7 Å². The number of phenolic OH excluding ortho intramolecular Hbond substituents is 2. The van der Waals surface area contributed by atoms with Crippen molar-refractivity contribution in [1.29, 1.82) is 0 Å². The lowest BCUT2D eigenvalue weighted by molar-refractivity contribution is 0.475. The van der Waals surface area contributed by atoms with Crippen LogP contribution in [0, 0.1) is 0 Å². The molecule has 296 valence electrons. The molecule has 0 atom stereocenters. The SMILES string of the molecule is O=S(=O)(c1ccccc1)n1c2ccc(-c3ccc(O)cc3)cc2c2c(Cl)ccnc21.O=S(=O)(c1ccccc1)n1c2ccc(-c3ccc(O)cc3)cc2c2ccc(Cl)nc21. The van der Waals surface area contributed by atoms with E-state index in [1.807, 2.05) is 36.4 Å². The van der Waals surface area contributed by atoms with Gasteiger partial charge in [0.15, 0.2) is 11.3 Å². The van der Waals surface area contributed by atoms with Gasteiger partial charge < -0.3 is 10.2 Å². The zero-order chi connectivity index (χ0) is 41.8. The van der Waals surface area contributed by atoms with Crippen LogP contribution in [0.5, 0.6) is 11.5 Å². The first-order chi connectivity index (χ1) is 28.9. The highest BCUT2D eigenvalue weighted by Gasteiger charge is 2.26. The molecule has 0 radical (unpaired) electrons. The molecule has 0 amide bonds. The van der Waals surface area contributed by atoms with E-state index in [2.05, 4.69) is 9.97 Å². The first kappa shape index (κ1) is 38.8. The largest absolute Gasteiger partial charge is 0.508 e. The summed E-state index contributed by atoms with van der Waals surface area (Å²) in [6.45, 7) is 0. The van der Waals surface area contributed by atoms with E-state index >= 15 is 0 Å². The smallest absolute Gasteiger partial charge is 0.269 e. The molecule has 0 aliphatic heterocycles. The van der Waals surface area contributed by atoms with E-state index in [9.17, 15) is 27.0 Å². The summed E-state index contributed by atoms with van der Waals surface area (Å²) >= 11 is 12.6. The Labute approximate surface area is 353 Å². The Balaban J connectivity index is 0.000000154. The summed E-state index contributed by atoms with van der Waals surface area (Å²) in [6, 6.07) is 46.3. The number of aromatic nitrogens is 4. The highest BCUT2D eigenvalue weighted by molar-refractivity contribution is 7.90. The molecule has 6 aromatic carbocycles. The van der Waals surface area contributed by atoms with E-state index in [0.29, 0.717) is 32.2 Å². The van der Waals surface area contributed by atoms with Gasteiger partial charge in [0.2, 0.25) is 0 Å². The maximum absolute atomic E-state index is 13.5. The van der Waals surface area contributed by atoms with Gasteiger partial charge in [-0.25, -0.2) is 34.7 Å². The second kappa shape index (κ2) is 15.2. The maximum Gasteiger partial charge on any atom is 0.269 e. The molecule has 0 fully saturated rings. The van der Waals surface area contributed by atoms with Gasteiger partial charge in [-0.1, -0.05) is 96.0 Å². The van der Waals surface area contributed by atoms with Gasteiger partial charge in [-0.05, 0) is 113 Å². The average Bonchev–Trinajstić information content (AvgIpc) is 3.78. The minimum Gasteiger partial charge on any atom is -0.508 e. The van der Waals surface area contributed by atoms with Crippen molar-refractivity contribution in [3.8, 4) is 33.8 Å². The van der Waals surface area contributed by atoms with Gasteiger partial charge >= 0.3 is 0 Å². The fourth-order valence-electron chi connectivity index (χ4n) is 7.24.